The Morgan fingerprint density at radius 3 is 2.40 bits per heavy atom. The second-order valence-corrected chi connectivity index (χ2v) is 8.67. The van der Waals surface area contributed by atoms with E-state index in [1.165, 1.54) is 12.0 Å². The SMILES string of the molecule is COCCCN1C(=O)C(O)=C(C(=O)C(C)(C)C)C1c1ccc(OC(C)C)c(OC)c1. The highest BCUT2D eigenvalue weighted by Gasteiger charge is 2.45. The molecular formula is C23H33NO6. The van der Waals surface area contributed by atoms with Gasteiger partial charge in [-0.15, -0.1) is 0 Å². The molecule has 1 unspecified atom stereocenters. The van der Waals surface area contributed by atoms with Crippen LogP contribution >= 0.6 is 0 Å². The Labute approximate surface area is 178 Å². The standard InChI is InChI=1S/C23H33NO6/c1-14(2)30-16-10-9-15(13-17(16)29-7)19-18(21(26)23(3,4)5)20(25)22(27)24(19)11-8-12-28-6/h9-10,13-14,19,25H,8,11-12H2,1-7H3. The number of methoxy groups -OCH3 is 2. The van der Waals surface area contributed by atoms with Crippen molar-refractivity contribution < 1.29 is 28.9 Å². The third kappa shape index (κ3) is 4.95. The Morgan fingerprint density at radius 2 is 1.87 bits per heavy atom. The highest BCUT2D eigenvalue weighted by molar-refractivity contribution is 6.10. The molecular weight excluding hydrogens is 386 g/mol. The molecule has 1 atom stereocenters. The molecule has 7 heteroatoms. The molecule has 1 N–H and O–H groups in total. The summed E-state index contributed by atoms with van der Waals surface area (Å²) in [5.41, 5.74) is 0.0321. The summed E-state index contributed by atoms with van der Waals surface area (Å²) in [6.07, 6.45) is 0.541. The van der Waals surface area contributed by atoms with Crippen LogP contribution in [0.2, 0.25) is 0 Å². The number of amides is 1. The lowest BCUT2D eigenvalue weighted by Crippen LogP contribution is -2.34. The van der Waals surface area contributed by atoms with Crippen molar-refractivity contribution in [2.75, 3.05) is 27.4 Å². The zero-order valence-electron chi connectivity index (χ0n) is 18.9. The average Bonchev–Trinajstić information content (AvgIpc) is 2.91. The van der Waals surface area contributed by atoms with E-state index >= 15 is 0 Å². The molecule has 1 aromatic carbocycles. The van der Waals surface area contributed by atoms with Gasteiger partial charge in [0.25, 0.3) is 5.91 Å². The van der Waals surface area contributed by atoms with Crippen molar-refractivity contribution in [1.82, 2.24) is 4.90 Å². The number of hydrogen-bond donors (Lipinski definition) is 1. The quantitative estimate of drug-likeness (QED) is 0.613. The van der Waals surface area contributed by atoms with E-state index in [1.807, 2.05) is 13.8 Å². The number of rotatable bonds is 9. The second-order valence-electron chi connectivity index (χ2n) is 8.67. The summed E-state index contributed by atoms with van der Waals surface area (Å²) in [6, 6.07) is 4.62. The first-order valence-corrected chi connectivity index (χ1v) is 10.1. The Bertz CT molecular complexity index is 821. The van der Waals surface area contributed by atoms with Crippen LogP contribution in [0.15, 0.2) is 29.5 Å². The number of nitrogens with zero attached hydrogens (tertiary/aromatic N) is 1. The van der Waals surface area contributed by atoms with Crippen LogP contribution in [0.3, 0.4) is 0 Å². The maximum Gasteiger partial charge on any atom is 0.290 e. The highest BCUT2D eigenvalue weighted by atomic mass is 16.5. The zero-order valence-corrected chi connectivity index (χ0v) is 18.9. The van der Waals surface area contributed by atoms with Crippen molar-refractivity contribution in [3.05, 3.63) is 35.1 Å². The monoisotopic (exact) mass is 419 g/mol. The molecule has 166 valence electrons. The van der Waals surface area contributed by atoms with E-state index in [2.05, 4.69) is 0 Å². The number of benzene rings is 1. The van der Waals surface area contributed by atoms with Crippen molar-refractivity contribution >= 4 is 11.7 Å². The Balaban J connectivity index is 2.56. The van der Waals surface area contributed by atoms with Gasteiger partial charge in [0.2, 0.25) is 0 Å². The van der Waals surface area contributed by atoms with Crippen LogP contribution in [-0.4, -0.2) is 55.2 Å². The largest absolute Gasteiger partial charge is 0.503 e. The van der Waals surface area contributed by atoms with Gasteiger partial charge in [-0.05, 0) is 38.0 Å². The van der Waals surface area contributed by atoms with Crippen LogP contribution in [0.25, 0.3) is 0 Å². The minimum Gasteiger partial charge on any atom is -0.503 e. The molecule has 30 heavy (non-hydrogen) atoms. The highest BCUT2D eigenvalue weighted by Crippen LogP contribution is 2.43. The summed E-state index contributed by atoms with van der Waals surface area (Å²) in [6.45, 7) is 9.95. The fourth-order valence-electron chi connectivity index (χ4n) is 3.45. The molecule has 0 bridgehead atoms. The number of carbonyl (C=O) groups excluding carboxylic acids is 2. The maximum absolute atomic E-state index is 13.2. The van der Waals surface area contributed by atoms with Gasteiger partial charge in [0.1, 0.15) is 0 Å². The summed E-state index contributed by atoms with van der Waals surface area (Å²) in [5.74, 6) is -0.235. The Kier molecular flexibility index (Phi) is 7.53. The van der Waals surface area contributed by atoms with Gasteiger partial charge in [-0.25, -0.2) is 0 Å². The molecule has 0 radical (unpaired) electrons. The van der Waals surface area contributed by atoms with Gasteiger partial charge in [0.15, 0.2) is 23.0 Å². The lowest BCUT2D eigenvalue weighted by Gasteiger charge is -2.29. The normalized spacial score (nSPS) is 17.1. The predicted molar refractivity (Wildman–Crippen MR) is 114 cm³/mol. The number of hydrogen-bond acceptors (Lipinski definition) is 6. The molecule has 1 aliphatic rings. The Morgan fingerprint density at radius 1 is 1.20 bits per heavy atom. The van der Waals surface area contributed by atoms with E-state index in [0.29, 0.717) is 36.6 Å². The van der Waals surface area contributed by atoms with Crippen LogP contribution in [0.5, 0.6) is 11.5 Å². The molecule has 1 heterocycles. The molecule has 7 nitrogen and oxygen atoms in total. The first kappa shape index (κ1) is 23.7. The van der Waals surface area contributed by atoms with Gasteiger partial charge in [-0.3, -0.25) is 9.59 Å². The smallest absolute Gasteiger partial charge is 0.290 e. The van der Waals surface area contributed by atoms with Crippen LogP contribution in [0.4, 0.5) is 0 Å². The Hall–Kier alpha value is -2.54. The van der Waals surface area contributed by atoms with Crippen molar-refractivity contribution in [2.45, 2.75) is 53.2 Å². The zero-order chi connectivity index (χ0) is 22.6. The number of Topliss-reactive ketones (excluding diaryl/α,β-unsaturated/α-hetero) is 1. The fraction of sp³-hybridized carbons (Fsp3) is 0.565. The van der Waals surface area contributed by atoms with Crippen LogP contribution in [0, 0.1) is 5.41 Å². The topological polar surface area (TPSA) is 85.3 Å². The number of aliphatic hydroxyl groups is 1. The number of aliphatic hydroxyl groups excluding tert-OH is 1. The van der Waals surface area contributed by atoms with Gasteiger partial charge >= 0.3 is 0 Å². The predicted octanol–water partition coefficient (Wildman–Crippen LogP) is 3.83. The molecule has 0 saturated carbocycles. The molecule has 1 amide bonds. The van der Waals surface area contributed by atoms with Gasteiger partial charge in [0, 0.05) is 25.7 Å². The third-order valence-corrected chi connectivity index (χ3v) is 4.84. The fourth-order valence-corrected chi connectivity index (χ4v) is 3.45. The molecule has 1 aliphatic heterocycles. The molecule has 0 fully saturated rings. The molecule has 2 rings (SSSR count). The van der Waals surface area contributed by atoms with Gasteiger partial charge in [-0.1, -0.05) is 26.8 Å². The molecule has 0 saturated heterocycles. The number of ketones is 1. The minimum absolute atomic E-state index is 0.0367. The first-order valence-electron chi connectivity index (χ1n) is 10.1. The van der Waals surface area contributed by atoms with Crippen LogP contribution < -0.4 is 9.47 Å². The van der Waals surface area contributed by atoms with E-state index < -0.39 is 23.1 Å². The van der Waals surface area contributed by atoms with Crippen LogP contribution in [-0.2, 0) is 14.3 Å². The van der Waals surface area contributed by atoms with Gasteiger partial charge in [-0.2, -0.15) is 0 Å². The molecule has 0 spiro atoms. The number of ether oxygens (including phenoxy) is 3. The van der Waals surface area contributed by atoms with E-state index in [1.54, 1.807) is 46.1 Å². The van der Waals surface area contributed by atoms with E-state index in [-0.39, 0.29) is 17.5 Å². The summed E-state index contributed by atoms with van der Waals surface area (Å²) in [4.78, 5) is 27.6. The summed E-state index contributed by atoms with van der Waals surface area (Å²) in [7, 11) is 3.13. The lowest BCUT2D eigenvalue weighted by molar-refractivity contribution is -0.129. The first-order chi connectivity index (χ1) is 14.0. The minimum atomic E-state index is -0.755. The molecule has 0 aliphatic carbocycles. The summed E-state index contributed by atoms with van der Waals surface area (Å²) < 4.78 is 16.4. The second kappa shape index (κ2) is 9.51. The van der Waals surface area contributed by atoms with Crippen LogP contribution in [0.1, 0.15) is 52.6 Å². The van der Waals surface area contributed by atoms with E-state index in [0.717, 1.165) is 0 Å². The van der Waals surface area contributed by atoms with Crippen molar-refractivity contribution in [1.29, 1.82) is 0 Å². The van der Waals surface area contributed by atoms with Gasteiger partial charge in [0.05, 0.1) is 24.8 Å². The molecule has 0 aromatic heterocycles. The average molecular weight is 420 g/mol. The van der Waals surface area contributed by atoms with Crippen molar-refractivity contribution in [3.8, 4) is 11.5 Å². The lowest BCUT2D eigenvalue weighted by atomic mass is 9.82. The maximum atomic E-state index is 13.2. The van der Waals surface area contributed by atoms with E-state index in [9.17, 15) is 14.7 Å². The molecule has 1 aromatic rings. The number of carbonyl (C=O) groups is 2. The van der Waals surface area contributed by atoms with Gasteiger partial charge < -0.3 is 24.2 Å². The summed E-state index contributed by atoms with van der Waals surface area (Å²) >= 11 is 0. The summed E-state index contributed by atoms with van der Waals surface area (Å²) in [5, 5.41) is 10.6. The van der Waals surface area contributed by atoms with Crippen molar-refractivity contribution in [2.24, 2.45) is 5.41 Å². The van der Waals surface area contributed by atoms with Crippen molar-refractivity contribution in [3.63, 3.8) is 0 Å². The third-order valence-electron chi connectivity index (χ3n) is 4.84. The van der Waals surface area contributed by atoms with E-state index in [4.69, 9.17) is 14.2 Å².